The number of ether oxygens (including phenoxy) is 1. The van der Waals surface area contributed by atoms with E-state index in [1.165, 1.54) is 0 Å². The third-order valence-electron chi connectivity index (χ3n) is 4.69. The van der Waals surface area contributed by atoms with Gasteiger partial charge in [-0.25, -0.2) is 0 Å². The number of amides is 1. The number of aryl methyl sites for hydroxylation is 2. The first-order chi connectivity index (χ1) is 12.0. The number of hydrogen-bond acceptors (Lipinski definition) is 5. The standard InChI is InChI=1S/C19H25N3O3/c1-13-18(14(2)25-21-13)12-22(11-17-4-3-9-24-17)10-15-5-7-16(8-6-15)19(20)23/h5-8,17H,3-4,9-12H2,1-2H3,(H2,20,23). The Morgan fingerprint density at radius 2 is 2.04 bits per heavy atom. The highest BCUT2D eigenvalue weighted by Gasteiger charge is 2.21. The summed E-state index contributed by atoms with van der Waals surface area (Å²) >= 11 is 0. The molecule has 2 N–H and O–H groups in total. The minimum absolute atomic E-state index is 0.269. The average molecular weight is 343 g/mol. The van der Waals surface area contributed by atoms with Gasteiger partial charge in [-0.05, 0) is 44.4 Å². The first-order valence-electron chi connectivity index (χ1n) is 8.67. The number of nitrogens with two attached hydrogens (primary N) is 1. The van der Waals surface area contributed by atoms with Crippen molar-refractivity contribution >= 4 is 5.91 Å². The molecule has 0 saturated carbocycles. The number of benzene rings is 1. The van der Waals surface area contributed by atoms with Crippen LogP contribution in [0.3, 0.4) is 0 Å². The van der Waals surface area contributed by atoms with Crippen molar-refractivity contribution in [2.45, 2.75) is 45.9 Å². The van der Waals surface area contributed by atoms with Crippen LogP contribution >= 0.6 is 0 Å². The van der Waals surface area contributed by atoms with Crippen LogP contribution in [0, 0.1) is 13.8 Å². The molecule has 134 valence electrons. The van der Waals surface area contributed by atoms with Crippen molar-refractivity contribution in [2.75, 3.05) is 13.2 Å². The second-order valence-corrected chi connectivity index (χ2v) is 6.67. The highest BCUT2D eigenvalue weighted by molar-refractivity contribution is 5.92. The van der Waals surface area contributed by atoms with Crippen LogP contribution in [0.1, 0.15) is 45.8 Å². The summed E-state index contributed by atoms with van der Waals surface area (Å²) in [4.78, 5) is 13.6. The van der Waals surface area contributed by atoms with Gasteiger partial charge in [-0.3, -0.25) is 9.69 Å². The second kappa shape index (κ2) is 7.80. The van der Waals surface area contributed by atoms with E-state index in [1.54, 1.807) is 12.1 Å². The van der Waals surface area contributed by atoms with Gasteiger partial charge in [-0.2, -0.15) is 0 Å². The minimum Gasteiger partial charge on any atom is -0.377 e. The van der Waals surface area contributed by atoms with E-state index in [1.807, 2.05) is 26.0 Å². The monoisotopic (exact) mass is 343 g/mol. The molecule has 0 bridgehead atoms. The summed E-state index contributed by atoms with van der Waals surface area (Å²) < 4.78 is 11.1. The van der Waals surface area contributed by atoms with Gasteiger partial charge < -0.3 is 15.0 Å². The quantitative estimate of drug-likeness (QED) is 0.835. The summed E-state index contributed by atoms with van der Waals surface area (Å²) in [5.74, 6) is 0.456. The van der Waals surface area contributed by atoms with E-state index in [2.05, 4.69) is 10.1 Å². The Morgan fingerprint density at radius 3 is 2.60 bits per heavy atom. The number of nitrogens with zero attached hydrogens (tertiary/aromatic N) is 2. The molecule has 0 radical (unpaired) electrons. The topological polar surface area (TPSA) is 81.6 Å². The Balaban J connectivity index is 1.74. The van der Waals surface area contributed by atoms with E-state index in [4.69, 9.17) is 15.0 Å². The third kappa shape index (κ3) is 4.46. The first-order valence-corrected chi connectivity index (χ1v) is 8.67. The number of rotatable bonds is 7. The molecule has 0 aliphatic carbocycles. The summed E-state index contributed by atoms with van der Waals surface area (Å²) in [7, 11) is 0. The lowest BCUT2D eigenvalue weighted by molar-refractivity contribution is 0.0677. The van der Waals surface area contributed by atoms with E-state index in [0.29, 0.717) is 5.56 Å². The van der Waals surface area contributed by atoms with E-state index >= 15 is 0 Å². The normalized spacial score (nSPS) is 17.3. The summed E-state index contributed by atoms with van der Waals surface area (Å²) in [5.41, 5.74) is 9.04. The van der Waals surface area contributed by atoms with E-state index < -0.39 is 5.91 Å². The number of hydrogen-bond donors (Lipinski definition) is 1. The molecule has 1 aliphatic heterocycles. The molecule has 1 atom stereocenters. The van der Waals surface area contributed by atoms with E-state index in [-0.39, 0.29) is 6.10 Å². The maximum absolute atomic E-state index is 11.2. The SMILES string of the molecule is Cc1noc(C)c1CN(Cc1ccc(C(N)=O)cc1)CC1CCCO1. The van der Waals surface area contributed by atoms with Gasteiger partial charge in [0.2, 0.25) is 5.91 Å². The van der Waals surface area contributed by atoms with Crippen molar-refractivity contribution in [3.63, 3.8) is 0 Å². The number of carbonyl (C=O) groups excluding carboxylic acids is 1. The summed E-state index contributed by atoms with van der Waals surface area (Å²) in [6.07, 6.45) is 2.49. The molecular formula is C19H25N3O3. The Kier molecular flexibility index (Phi) is 5.50. The zero-order chi connectivity index (χ0) is 17.8. The van der Waals surface area contributed by atoms with Crippen molar-refractivity contribution in [1.82, 2.24) is 10.1 Å². The van der Waals surface area contributed by atoms with Crippen LogP contribution in [0.15, 0.2) is 28.8 Å². The van der Waals surface area contributed by atoms with Gasteiger partial charge in [-0.15, -0.1) is 0 Å². The second-order valence-electron chi connectivity index (χ2n) is 6.67. The fourth-order valence-corrected chi connectivity index (χ4v) is 3.25. The fourth-order valence-electron chi connectivity index (χ4n) is 3.25. The molecule has 1 aliphatic rings. The maximum Gasteiger partial charge on any atom is 0.248 e. The highest BCUT2D eigenvalue weighted by atomic mass is 16.5. The number of primary amides is 1. The van der Waals surface area contributed by atoms with Crippen LogP contribution in [0.4, 0.5) is 0 Å². The van der Waals surface area contributed by atoms with Crippen molar-refractivity contribution in [3.05, 3.63) is 52.4 Å². The third-order valence-corrected chi connectivity index (χ3v) is 4.69. The molecule has 1 fully saturated rings. The lowest BCUT2D eigenvalue weighted by Crippen LogP contribution is -2.31. The summed E-state index contributed by atoms with van der Waals surface area (Å²) in [6.45, 7) is 7.15. The van der Waals surface area contributed by atoms with Crippen LogP contribution in [-0.2, 0) is 17.8 Å². The zero-order valence-electron chi connectivity index (χ0n) is 14.8. The maximum atomic E-state index is 11.2. The lowest BCUT2D eigenvalue weighted by atomic mass is 10.1. The van der Waals surface area contributed by atoms with Crippen molar-refractivity contribution in [2.24, 2.45) is 5.73 Å². The van der Waals surface area contributed by atoms with Crippen LogP contribution < -0.4 is 5.73 Å². The molecule has 25 heavy (non-hydrogen) atoms. The fraction of sp³-hybridized carbons (Fsp3) is 0.474. The van der Waals surface area contributed by atoms with E-state index in [0.717, 1.165) is 61.7 Å². The van der Waals surface area contributed by atoms with Gasteiger partial charge in [0.05, 0.1) is 11.8 Å². The molecule has 3 rings (SSSR count). The minimum atomic E-state index is -0.404. The summed E-state index contributed by atoms with van der Waals surface area (Å²) in [5, 5.41) is 4.05. The van der Waals surface area contributed by atoms with Gasteiger partial charge in [0.15, 0.2) is 0 Å². The zero-order valence-corrected chi connectivity index (χ0v) is 14.8. The van der Waals surface area contributed by atoms with Crippen LogP contribution in [0.2, 0.25) is 0 Å². The molecule has 1 unspecified atom stereocenters. The van der Waals surface area contributed by atoms with Gasteiger partial charge in [0.25, 0.3) is 0 Å². The van der Waals surface area contributed by atoms with Gasteiger partial charge >= 0.3 is 0 Å². The predicted molar refractivity (Wildman–Crippen MR) is 94.0 cm³/mol. The van der Waals surface area contributed by atoms with Gasteiger partial charge in [0.1, 0.15) is 5.76 Å². The Bertz CT molecular complexity index is 699. The molecule has 6 nitrogen and oxygen atoms in total. The summed E-state index contributed by atoms with van der Waals surface area (Å²) in [6, 6.07) is 7.46. The van der Waals surface area contributed by atoms with Crippen molar-refractivity contribution in [1.29, 1.82) is 0 Å². The molecule has 2 aromatic rings. The molecule has 1 amide bonds. The Hall–Kier alpha value is -2.18. The molecule has 1 aromatic heterocycles. The molecule has 1 saturated heterocycles. The molecular weight excluding hydrogens is 318 g/mol. The average Bonchev–Trinajstić information content (AvgIpc) is 3.20. The molecule has 6 heteroatoms. The van der Waals surface area contributed by atoms with E-state index in [9.17, 15) is 4.79 Å². The first kappa shape index (κ1) is 17.6. The van der Waals surface area contributed by atoms with Crippen molar-refractivity contribution in [3.8, 4) is 0 Å². The van der Waals surface area contributed by atoms with Crippen LogP contribution in [-0.4, -0.2) is 35.2 Å². The Morgan fingerprint density at radius 1 is 1.28 bits per heavy atom. The number of aromatic nitrogens is 1. The largest absolute Gasteiger partial charge is 0.377 e. The highest BCUT2D eigenvalue weighted by Crippen LogP contribution is 2.20. The smallest absolute Gasteiger partial charge is 0.248 e. The van der Waals surface area contributed by atoms with Gasteiger partial charge in [-0.1, -0.05) is 17.3 Å². The molecule has 1 aromatic carbocycles. The predicted octanol–water partition coefficient (Wildman–Crippen LogP) is 2.57. The molecule has 2 heterocycles. The molecule has 0 spiro atoms. The Labute approximate surface area is 147 Å². The van der Waals surface area contributed by atoms with Crippen LogP contribution in [0.25, 0.3) is 0 Å². The number of carbonyl (C=O) groups is 1. The van der Waals surface area contributed by atoms with Crippen LogP contribution in [0.5, 0.6) is 0 Å². The van der Waals surface area contributed by atoms with Crippen molar-refractivity contribution < 1.29 is 14.1 Å². The lowest BCUT2D eigenvalue weighted by Gasteiger charge is -2.25. The van der Waals surface area contributed by atoms with Gasteiger partial charge in [0, 0.05) is 37.4 Å².